The monoisotopic (exact) mass is 457 g/mol. The largest absolute Gasteiger partial charge is 0.484 e. The predicted octanol–water partition coefficient (Wildman–Crippen LogP) is 5.21. The quantitative estimate of drug-likeness (QED) is 0.498. The van der Waals surface area contributed by atoms with Gasteiger partial charge in [-0.3, -0.25) is 9.59 Å². The van der Waals surface area contributed by atoms with Crippen LogP contribution in [-0.4, -0.2) is 23.6 Å². The zero-order valence-corrected chi connectivity index (χ0v) is 19.1. The fraction of sp³-hybridized carbons (Fsp3) is 0.115. The highest BCUT2D eigenvalue weighted by molar-refractivity contribution is 8.18. The molecule has 0 saturated carbocycles. The summed E-state index contributed by atoms with van der Waals surface area (Å²) in [5.41, 5.74) is 4.60. The van der Waals surface area contributed by atoms with Gasteiger partial charge in [-0.15, -0.1) is 0 Å². The Hall–Kier alpha value is -3.84. The van der Waals surface area contributed by atoms with Crippen molar-refractivity contribution in [3.8, 4) is 5.75 Å². The average molecular weight is 458 g/mol. The van der Waals surface area contributed by atoms with Crippen LogP contribution in [0.1, 0.15) is 16.7 Å². The summed E-state index contributed by atoms with van der Waals surface area (Å²) < 4.78 is 5.57. The Labute approximate surface area is 196 Å². The van der Waals surface area contributed by atoms with Crippen molar-refractivity contribution < 1.29 is 14.3 Å². The number of ether oxygens (including phenoxy) is 1. The highest BCUT2D eigenvalue weighted by Crippen LogP contribution is 2.28. The van der Waals surface area contributed by atoms with Crippen molar-refractivity contribution in [2.75, 3.05) is 11.9 Å². The van der Waals surface area contributed by atoms with Crippen molar-refractivity contribution in [3.05, 3.63) is 94.4 Å². The molecule has 1 fully saturated rings. The molecule has 1 saturated heterocycles. The molecule has 0 bridgehead atoms. The molecule has 166 valence electrons. The van der Waals surface area contributed by atoms with E-state index in [1.807, 2.05) is 74.5 Å². The molecule has 2 N–H and O–H groups in total. The number of nitrogens with one attached hydrogen (secondary N) is 2. The smallest absolute Gasteiger partial charge is 0.264 e. The van der Waals surface area contributed by atoms with Gasteiger partial charge in [0.25, 0.3) is 11.8 Å². The number of nitrogens with zero attached hydrogens (tertiary/aromatic N) is 1. The van der Waals surface area contributed by atoms with Gasteiger partial charge in [-0.1, -0.05) is 42.0 Å². The SMILES string of the molecule is Cc1ccc(N=C2NC(=O)C(=Cc3ccc(OCC(=O)Nc4cccc(C)c4)cc3)S2)cc1. The normalized spacial score (nSPS) is 15.5. The van der Waals surface area contributed by atoms with E-state index < -0.39 is 0 Å². The van der Waals surface area contributed by atoms with Crippen LogP contribution < -0.4 is 15.4 Å². The molecule has 33 heavy (non-hydrogen) atoms. The molecule has 0 aromatic heterocycles. The summed E-state index contributed by atoms with van der Waals surface area (Å²) in [6, 6.07) is 22.6. The lowest BCUT2D eigenvalue weighted by molar-refractivity contribution is -0.118. The number of aryl methyl sites for hydroxylation is 2. The van der Waals surface area contributed by atoms with E-state index in [4.69, 9.17) is 4.74 Å². The van der Waals surface area contributed by atoms with Crippen molar-refractivity contribution in [1.29, 1.82) is 0 Å². The van der Waals surface area contributed by atoms with E-state index in [-0.39, 0.29) is 18.4 Å². The molecule has 4 rings (SSSR count). The zero-order valence-electron chi connectivity index (χ0n) is 18.3. The molecule has 7 heteroatoms. The van der Waals surface area contributed by atoms with E-state index in [1.54, 1.807) is 18.2 Å². The summed E-state index contributed by atoms with van der Waals surface area (Å²) in [5.74, 6) is 0.159. The third-order valence-corrected chi connectivity index (χ3v) is 5.67. The van der Waals surface area contributed by atoms with E-state index in [2.05, 4.69) is 15.6 Å². The first-order chi connectivity index (χ1) is 15.9. The molecule has 0 spiro atoms. The molecule has 1 heterocycles. The number of rotatable bonds is 6. The molecule has 3 aromatic carbocycles. The van der Waals surface area contributed by atoms with Crippen LogP contribution in [0.3, 0.4) is 0 Å². The van der Waals surface area contributed by atoms with E-state index in [0.29, 0.717) is 15.8 Å². The summed E-state index contributed by atoms with van der Waals surface area (Å²) in [6.07, 6.45) is 1.80. The van der Waals surface area contributed by atoms with Crippen LogP contribution in [0.15, 0.2) is 82.7 Å². The minimum atomic E-state index is -0.230. The number of amidine groups is 1. The lowest BCUT2D eigenvalue weighted by Crippen LogP contribution is -2.20. The second-order valence-corrected chi connectivity index (χ2v) is 8.62. The molecule has 1 aliphatic heterocycles. The lowest BCUT2D eigenvalue weighted by atomic mass is 10.2. The van der Waals surface area contributed by atoms with Gasteiger partial charge in [-0.05, 0) is 79.2 Å². The maximum atomic E-state index is 12.3. The number of hydrogen-bond donors (Lipinski definition) is 2. The standard InChI is InChI=1S/C26H23N3O3S/c1-17-6-10-20(11-7-17)28-26-29-25(31)23(33-26)15-19-8-12-22(13-9-19)32-16-24(30)27-21-5-3-4-18(2)14-21/h3-15H,16H2,1-2H3,(H,27,30)(H,28,29,31). The molecule has 6 nitrogen and oxygen atoms in total. The van der Waals surface area contributed by atoms with Crippen LogP contribution in [0.5, 0.6) is 5.75 Å². The van der Waals surface area contributed by atoms with Crippen LogP contribution in [0.4, 0.5) is 11.4 Å². The molecule has 1 aliphatic rings. The molecule has 3 aromatic rings. The van der Waals surface area contributed by atoms with Crippen LogP contribution >= 0.6 is 11.8 Å². The Kier molecular flexibility index (Phi) is 6.90. The third kappa shape index (κ3) is 6.33. The van der Waals surface area contributed by atoms with E-state index in [0.717, 1.165) is 28.1 Å². The number of carbonyl (C=O) groups excluding carboxylic acids is 2. The third-order valence-electron chi connectivity index (χ3n) is 4.77. The van der Waals surface area contributed by atoms with Crippen molar-refractivity contribution in [1.82, 2.24) is 5.32 Å². The maximum Gasteiger partial charge on any atom is 0.264 e. The zero-order chi connectivity index (χ0) is 23.2. The Morgan fingerprint density at radius 1 is 1.03 bits per heavy atom. The molecule has 0 radical (unpaired) electrons. The van der Waals surface area contributed by atoms with Crippen LogP contribution in [0.25, 0.3) is 6.08 Å². The predicted molar refractivity (Wildman–Crippen MR) is 134 cm³/mol. The second-order valence-electron chi connectivity index (χ2n) is 7.59. The molecule has 2 amide bonds. The Morgan fingerprint density at radius 3 is 2.52 bits per heavy atom. The van der Waals surface area contributed by atoms with E-state index >= 15 is 0 Å². The van der Waals surface area contributed by atoms with Crippen LogP contribution in [0.2, 0.25) is 0 Å². The summed E-state index contributed by atoms with van der Waals surface area (Å²) in [7, 11) is 0. The lowest BCUT2D eigenvalue weighted by Gasteiger charge is -2.08. The number of aliphatic imine (C=N–C) groups is 1. The summed E-state index contributed by atoms with van der Waals surface area (Å²) >= 11 is 1.30. The average Bonchev–Trinajstić information content (AvgIpc) is 3.13. The topological polar surface area (TPSA) is 79.8 Å². The van der Waals surface area contributed by atoms with Gasteiger partial charge in [0.1, 0.15) is 5.75 Å². The van der Waals surface area contributed by atoms with Gasteiger partial charge >= 0.3 is 0 Å². The fourth-order valence-corrected chi connectivity index (χ4v) is 3.94. The second kappa shape index (κ2) is 10.2. The summed E-state index contributed by atoms with van der Waals surface area (Å²) in [6.45, 7) is 3.89. The van der Waals surface area contributed by atoms with Gasteiger partial charge in [0.15, 0.2) is 11.8 Å². The first-order valence-electron chi connectivity index (χ1n) is 10.4. The highest BCUT2D eigenvalue weighted by Gasteiger charge is 2.23. The summed E-state index contributed by atoms with van der Waals surface area (Å²) in [4.78, 5) is 29.4. The first-order valence-corrected chi connectivity index (χ1v) is 11.2. The molecule has 0 unspecified atom stereocenters. The van der Waals surface area contributed by atoms with Gasteiger partial charge in [0.2, 0.25) is 0 Å². The number of carbonyl (C=O) groups is 2. The van der Waals surface area contributed by atoms with E-state index in [9.17, 15) is 9.59 Å². The minimum Gasteiger partial charge on any atom is -0.484 e. The Morgan fingerprint density at radius 2 is 1.79 bits per heavy atom. The number of amides is 2. The molecular weight excluding hydrogens is 434 g/mol. The van der Waals surface area contributed by atoms with Gasteiger partial charge in [0.05, 0.1) is 10.6 Å². The minimum absolute atomic E-state index is 0.0918. The highest BCUT2D eigenvalue weighted by atomic mass is 32.2. The van der Waals surface area contributed by atoms with Crippen molar-refractivity contribution in [2.24, 2.45) is 4.99 Å². The molecular formula is C26H23N3O3S. The van der Waals surface area contributed by atoms with Crippen molar-refractivity contribution in [2.45, 2.75) is 13.8 Å². The van der Waals surface area contributed by atoms with Crippen LogP contribution in [-0.2, 0) is 9.59 Å². The van der Waals surface area contributed by atoms with Gasteiger partial charge in [-0.2, -0.15) is 0 Å². The van der Waals surface area contributed by atoms with Gasteiger partial charge in [0, 0.05) is 5.69 Å². The number of benzene rings is 3. The molecule has 0 aliphatic carbocycles. The number of anilines is 1. The fourth-order valence-electron chi connectivity index (χ4n) is 3.10. The maximum absolute atomic E-state index is 12.3. The van der Waals surface area contributed by atoms with E-state index in [1.165, 1.54) is 11.8 Å². The first kappa shape index (κ1) is 22.4. The van der Waals surface area contributed by atoms with Crippen LogP contribution in [0, 0.1) is 13.8 Å². The Balaban J connectivity index is 1.33. The number of hydrogen-bond acceptors (Lipinski definition) is 5. The molecule has 0 atom stereocenters. The van der Waals surface area contributed by atoms with Gasteiger partial charge in [-0.25, -0.2) is 4.99 Å². The number of thioether (sulfide) groups is 1. The van der Waals surface area contributed by atoms with Gasteiger partial charge < -0.3 is 15.4 Å². The van der Waals surface area contributed by atoms with Crippen molar-refractivity contribution >= 4 is 46.2 Å². The summed E-state index contributed by atoms with van der Waals surface area (Å²) in [5, 5.41) is 6.15. The van der Waals surface area contributed by atoms with Crippen molar-refractivity contribution in [3.63, 3.8) is 0 Å². The Bertz CT molecular complexity index is 1230.